The van der Waals surface area contributed by atoms with Gasteiger partial charge < -0.3 is 10.0 Å². The molecule has 0 radical (unpaired) electrons. The highest BCUT2D eigenvalue weighted by molar-refractivity contribution is 6.21. The van der Waals surface area contributed by atoms with Crippen LogP contribution in [-0.4, -0.2) is 58.2 Å². The van der Waals surface area contributed by atoms with Crippen LogP contribution in [0, 0.1) is 5.92 Å². The van der Waals surface area contributed by atoms with Gasteiger partial charge in [0.2, 0.25) is 5.91 Å². The molecule has 1 fully saturated rings. The van der Waals surface area contributed by atoms with Crippen molar-refractivity contribution in [3.05, 3.63) is 35.4 Å². The largest absolute Gasteiger partial charge is 0.481 e. The molecule has 0 aromatic heterocycles. The van der Waals surface area contributed by atoms with Crippen molar-refractivity contribution in [1.29, 1.82) is 0 Å². The molecule has 1 aromatic rings. The molecule has 3 rings (SSSR count). The van der Waals surface area contributed by atoms with Gasteiger partial charge in [0.15, 0.2) is 0 Å². The normalized spacial score (nSPS) is 20.2. The number of amides is 3. The van der Waals surface area contributed by atoms with Crippen LogP contribution in [0.15, 0.2) is 24.3 Å². The van der Waals surface area contributed by atoms with Gasteiger partial charge in [-0.25, -0.2) is 0 Å². The van der Waals surface area contributed by atoms with Gasteiger partial charge in [0.05, 0.1) is 17.0 Å². The molecule has 0 unspecified atom stereocenters. The number of piperidine rings is 1. The number of fused-ring (bicyclic) bond motifs is 1. The Hall–Kier alpha value is -2.70. The predicted molar refractivity (Wildman–Crippen MR) is 83.4 cm³/mol. The van der Waals surface area contributed by atoms with Gasteiger partial charge in [-0.3, -0.25) is 24.1 Å². The van der Waals surface area contributed by atoms with E-state index in [2.05, 4.69) is 0 Å². The van der Waals surface area contributed by atoms with Crippen molar-refractivity contribution in [3.8, 4) is 0 Å². The number of carboxylic acids is 1. The van der Waals surface area contributed by atoms with Gasteiger partial charge in [0.1, 0.15) is 0 Å². The molecule has 1 atom stereocenters. The maximum absolute atomic E-state index is 12.3. The number of imide groups is 1. The lowest BCUT2D eigenvalue weighted by Gasteiger charge is -2.31. The molecule has 0 bridgehead atoms. The minimum Gasteiger partial charge on any atom is -0.481 e. The molecule has 2 aliphatic rings. The lowest BCUT2D eigenvalue weighted by molar-refractivity contribution is -0.145. The summed E-state index contributed by atoms with van der Waals surface area (Å²) < 4.78 is 0. The summed E-state index contributed by atoms with van der Waals surface area (Å²) >= 11 is 0. The molecule has 1 aromatic carbocycles. The molecule has 2 aliphatic heterocycles. The van der Waals surface area contributed by atoms with E-state index in [0.29, 0.717) is 30.5 Å². The lowest BCUT2D eigenvalue weighted by atomic mass is 9.98. The zero-order valence-electron chi connectivity index (χ0n) is 13.1. The van der Waals surface area contributed by atoms with Crippen molar-refractivity contribution in [1.82, 2.24) is 9.80 Å². The van der Waals surface area contributed by atoms with Crippen molar-refractivity contribution >= 4 is 23.7 Å². The van der Waals surface area contributed by atoms with Crippen molar-refractivity contribution in [2.75, 3.05) is 19.6 Å². The molecule has 7 nitrogen and oxygen atoms in total. The lowest BCUT2D eigenvalue weighted by Crippen LogP contribution is -2.43. The van der Waals surface area contributed by atoms with Gasteiger partial charge in [-0.15, -0.1) is 0 Å². The Morgan fingerprint density at radius 1 is 1.12 bits per heavy atom. The molecule has 2 heterocycles. The Morgan fingerprint density at radius 3 is 2.33 bits per heavy atom. The number of rotatable bonds is 4. The van der Waals surface area contributed by atoms with Crippen molar-refractivity contribution in [2.45, 2.75) is 19.3 Å². The van der Waals surface area contributed by atoms with Gasteiger partial charge >= 0.3 is 5.97 Å². The number of aliphatic carboxylic acids is 1. The SMILES string of the molecule is O=C(O)[C@H]1CCCN(C(=O)CCN2C(=O)c3ccccc3C2=O)C1. The molecule has 1 saturated heterocycles. The van der Waals surface area contributed by atoms with Crippen LogP contribution in [0.1, 0.15) is 40.0 Å². The van der Waals surface area contributed by atoms with Gasteiger partial charge in [-0.2, -0.15) is 0 Å². The highest BCUT2D eigenvalue weighted by Crippen LogP contribution is 2.23. The second-order valence-corrected chi connectivity index (χ2v) is 6.07. The maximum Gasteiger partial charge on any atom is 0.308 e. The van der Waals surface area contributed by atoms with E-state index in [9.17, 15) is 19.2 Å². The van der Waals surface area contributed by atoms with E-state index in [0.717, 1.165) is 4.90 Å². The van der Waals surface area contributed by atoms with Gasteiger partial charge in [-0.05, 0) is 25.0 Å². The van der Waals surface area contributed by atoms with Crippen LogP contribution in [0.3, 0.4) is 0 Å². The van der Waals surface area contributed by atoms with Crippen molar-refractivity contribution in [3.63, 3.8) is 0 Å². The van der Waals surface area contributed by atoms with Crippen LogP contribution in [0.4, 0.5) is 0 Å². The molecule has 0 saturated carbocycles. The van der Waals surface area contributed by atoms with E-state index >= 15 is 0 Å². The molecular weight excluding hydrogens is 312 g/mol. The zero-order valence-corrected chi connectivity index (χ0v) is 13.1. The maximum atomic E-state index is 12.3. The monoisotopic (exact) mass is 330 g/mol. The summed E-state index contributed by atoms with van der Waals surface area (Å²) in [6.07, 6.45) is 1.23. The predicted octanol–water partition coefficient (Wildman–Crippen LogP) is 0.996. The Labute approximate surface area is 138 Å². The summed E-state index contributed by atoms with van der Waals surface area (Å²) in [6, 6.07) is 6.58. The van der Waals surface area contributed by atoms with Crippen LogP contribution in [-0.2, 0) is 9.59 Å². The Kier molecular flexibility index (Phi) is 4.33. The summed E-state index contributed by atoms with van der Waals surface area (Å²) in [6.45, 7) is 0.723. The fourth-order valence-corrected chi connectivity index (χ4v) is 3.21. The summed E-state index contributed by atoms with van der Waals surface area (Å²) in [5.41, 5.74) is 0.720. The highest BCUT2D eigenvalue weighted by Gasteiger charge is 2.35. The van der Waals surface area contributed by atoms with E-state index in [-0.39, 0.29) is 37.2 Å². The standard InChI is InChI=1S/C17H18N2O5/c20-14(18-8-3-4-11(10-18)17(23)24)7-9-19-15(21)12-5-1-2-6-13(12)16(19)22/h1-2,5-6,11H,3-4,7-10H2,(H,23,24)/t11-/m0/s1. The first-order chi connectivity index (χ1) is 11.5. The number of hydrogen-bond donors (Lipinski definition) is 1. The van der Waals surface area contributed by atoms with Crippen LogP contribution < -0.4 is 0 Å². The summed E-state index contributed by atoms with van der Waals surface area (Å²) in [5, 5.41) is 9.07. The Morgan fingerprint density at radius 2 is 1.75 bits per heavy atom. The number of likely N-dealkylation sites (tertiary alicyclic amines) is 1. The number of carbonyl (C=O) groups is 4. The average Bonchev–Trinajstić information content (AvgIpc) is 2.84. The van der Waals surface area contributed by atoms with Crippen molar-refractivity contribution < 1.29 is 24.3 Å². The fourth-order valence-electron chi connectivity index (χ4n) is 3.21. The number of nitrogens with zero attached hydrogens (tertiary/aromatic N) is 2. The third-order valence-corrected chi connectivity index (χ3v) is 4.55. The first-order valence-corrected chi connectivity index (χ1v) is 7.95. The summed E-state index contributed by atoms with van der Waals surface area (Å²) in [7, 11) is 0. The van der Waals surface area contributed by atoms with Gasteiger partial charge in [0.25, 0.3) is 11.8 Å². The minimum atomic E-state index is -0.896. The molecule has 1 N–H and O–H groups in total. The summed E-state index contributed by atoms with van der Waals surface area (Å²) in [5.74, 6) is -2.43. The van der Waals surface area contributed by atoms with E-state index in [4.69, 9.17) is 5.11 Å². The van der Waals surface area contributed by atoms with E-state index in [1.807, 2.05) is 0 Å². The zero-order chi connectivity index (χ0) is 17.3. The van der Waals surface area contributed by atoms with Crippen LogP contribution in [0.2, 0.25) is 0 Å². The fraction of sp³-hybridized carbons (Fsp3) is 0.412. The quantitative estimate of drug-likeness (QED) is 0.831. The average molecular weight is 330 g/mol. The molecule has 3 amide bonds. The van der Waals surface area contributed by atoms with E-state index < -0.39 is 11.9 Å². The molecule has 0 aliphatic carbocycles. The number of benzene rings is 1. The van der Waals surface area contributed by atoms with Crippen LogP contribution in [0.25, 0.3) is 0 Å². The molecule has 7 heteroatoms. The van der Waals surface area contributed by atoms with Crippen molar-refractivity contribution in [2.24, 2.45) is 5.92 Å². The van der Waals surface area contributed by atoms with E-state index in [1.54, 1.807) is 24.3 Å². The molecule has 126 valence electrons. The molecular formula is C17H18N2O5. The van der Waals surface area contributed by atoms with Gasteiger partial charge in [-0.1, -0.05) is 12.1 Å². The summed E-state index contributed by atoms with van der Waals surface area (Å²) in [4.78, 5) is 50.4. The second kappa shape index (κ2) is 6.43. The Bertz CT molecular complexity index is 680. The number of carboxylic acid groups (broad SMARTS) is 1. The smallest absolute Gasteiger partial charge is 0.308 e. The first kappa shape index (κ1) is 16.2. The number of carbonyl (C=O) groups excluding carboxylic acids is 3. The van der Waals surface area contributed by atoms with Gasteiger partial charge in [0, 0.05) is 26.1 Å². The molecule has 24 heavy (non-hydrogen) atoms. The van der Waals surface area contributed by atoms with Crippen LogP contribution >= 0.6 is 0 Å². The second-order valence-electron chi connectivity index (χ2n) is 6.07. The first-order valence-electron chi connectivity index (χ1n) is 7.95. The third-order valence-electron chi connectivity index (χ3n) is 4.55. The minimum absolute atomic E-state index is 0.0117. The van der Waals surface area contributed by atoms with Crippen LogP contribution in [0.5, 0.6) is 0 Å². The third kappa shape index (κ3) is 2.89. The number of hydrogen-bond acceptors (Lipinski definition) is 4. The topological polar surface area (TPSA) is 95.0 Å². The highest BCUT2D eigenvalue weighted by atomic mass is 16.4. The Balaban J connectivity index is 1.60. The van der Waals surface area contributed by atoms with E-state index in [1.165, 1.54) is 4.90 Å². The molecule has 0 spiro atoms.